The molecule has 140 valence electrons. The zero-order valence-corrected chi connectivity index (χ0v) is 16.8. The molecule has 4 aromatic rings. The van der Waals surface area contributed by atoms with Crippen LogP contribution in [0.5, 0.6) is 0 Å². The number of furan rings is 1. The largest absolute Gasteiger partial charge is 0.439 e. The van der Waals surface area contributed by atoms with Gasteiger partial charge < -0.3 is 4.42 Å². The lowest BCUT2D eigenvalue weighted by Crippen LogP contribution is -2.17. The first kappa shape index (κ1) is 17.1. The Labute approximate surface area is 166 Å². The lowest BCUT2D eigenvalue weighted by atomic mass is 9.96. The maximum absolute atomic E-state index is 6.52. The first-order valence-electron chi connectivity index (χ1n) is 10.1. The summed E-state index contributed by atoms with van der Waals surface area (Å²) in [5.74, 6) is 0.975. The number of fused-ring (bicyclic) bond motifs is 4. The Morgan fingerprint density at radius 3 is 2.36 bits per heavy atom. The number of nitrogens with zero attached hydrogens (tertiary/aromatic N) is 1. The first-order valence-corrected chi connectivity index (χ1v) is 10.1. The highest BCUT2D eigenvalue weighted by Crippen LogP contribution is 2.46. The van der Waals surface area contributed by atoms with Crippen LogP contribution in [0.4, 0.5) is 17.3 Å². The lowest BCUT2D eigenvalue weighted by molar-refractivity contribution is 0.610. The molecule has 2 heteroatoms. The molecular formula is C26H25NO. The van der Waals surface area contributed by atoms with Crippen LogP contribution in [0.25, 0.3) is 11.0 Å². The number of para-hydroxylation sites is 2. The summed E-state index contributed by atoms with van der Waals surface area (Å²) in [5, 5.41) is 1.24. The minimum Gasteiger partial charge on any atom is -0.439 e. The first-order chi connectivity index (χ1) is 13.6. The minimum atomic E-state index is 0.972. The van der Waals surface area contributed by atoms with Crippen LogP contribution in [0.3, 0.4) is 0 Å². The van der Waals surface area contributed by atoms with Gasteiger partial charge in [-0.05, 0) is 68.9 Å². The van der Waals surface area contributed by atoms with Gasteiger partial charge in [0.25, 0.3) is 0 Å². The van der Waals surface area contributed by atoms with Gasteiger partial charge in [0.1, 0.15) is 5.58 Å². The summed E-state index contributed by atoms with van der Waals surface area (Å²) < 4.78 is 6.52. The zero-order valence-electron chi connectivity index (χ0n) is 16.8. The number of benzene rings is 3. The molecule has 28 heavy (non-hydrogen) atoms. The smallest absolute Gasteiger partial charge is 0.209 e. The Balaban J connectivity index is 1.87. The molecule has 1 aromatic heterocycles. The van der Waals surface area contributed by atoms with Gasteiger partial charge in [0.15, 0.2) is 0 Å². The Morgan fingerprint density at radius 1 is 0.821 bits per heavy atom. The van der Waals surface area contributed by atoms with Crippen LogP contribution < -0.4 is 4.90 Å². The Kier molecular flexibility index (Phi) is 4.01. The highest BCUT2D eigenvalue weighted by Gasteiger charge is 2.28. The maximum atomic E-state index is 6.52. The topological polar surface area (TPSA) is 16.4 Å². The molecule has 0 radical (unpaired) electrons. The summed E-state index contributed by atoms with van der Waals surface area (Å²) in [7, 11) is 0. The fraction of sp³-hybridized carbons (Fsp3) is 0.231. The van der Waals surface area contributed by atoms with Crippen molar-refractivity contribution in [2.75, 3.05) is 4.90 Å². The van der Waals surface area contributed by atoms with Gasteiger partial charge in [-0.2, -0.15) is 0 Å². The molecule has 0 amide bonds. The van der Waals surface area contributed by atoms with Crippen LogP contribution >= 0.6 is 0 Å². The molecule has 0 fully saturated rings. The number of hydrogen-bond acceptors (Lipinski definition) is 2. The van der Waals surface area contributed by atoms with E-state index in [1.165, 1.54) is 44.6 Å². The summed E-state index contributed by atoms with van der Waals surface area (Å²) >= 11 is 0. The van der Waals surface area contributed by atoms with Crippen molar-refractivity contribution in [3.8, 4) is 0 Å². The molecule has 2 heterocycles. The summed E-state index contributed by atoms with van der Waals surface area (Å²) in [4.78, 5) is 2.37. The minimum absolute atomic E-state index is 0.972. The molecule has 3 aromatic carbocycles. The van der Waals surface area contributed by atoms with Gasteiger partial charge in [-0.15, -0.1) is 0 Å². The van der Waals surface area contributed by atoms with Crippen molar-refractivity contribution in [1.29, 1.82) is 0 Å². The highest BCUT2D eigenvalue weighted by molar-refractivity contribution is 5.91. The van der Waals surface area contributed by atoms with E-state index < -0.39 is 0 Å². The van der Waals surface area contributed by atoms with E-state index in [4.69, 9.17) is 4.42 Å². The molecule has 0 saturated heterocycles. The summed E-state index contributed by atoms with van der Waals surface area (Å²) in [6.45, 7) is 6.58. The lowest BCUT2D eigenvalue weighted by Gasteiger charge is -2.30. The van der Waals surface area contributed by atoms with Crippen LogP contribution in [0, 0.1) is 20.8 Å². The van der Waals surface area contributed by atoms with Crippen LogP contribution in [-0.2, 0) is 12.8 Å². The fourth-order valence-electron chi connectivity index (χ4n) is 4.76. The number of hydrogen-bond donors (Lipinski definition) is 0. The number of anilines is 3. The number of rotatable bonds is 1. The molecule has 0 atom stereocenters. The molecule has 1 aliphatic heterocycles. The molecular weight excluding hydrogens is 342 g/mol. The zero-order chi connectivity index (χ0) is 19.3. The van der Waals surface area contributed by atoms with Crippen LogP contribution in [0.1, 0.15) is 34.2 Å². The maximum Gasteiger partial charge on any atom is 0.209 e. The van der Waals surface area contributed by atoms with Gasteiger partial charge >= 0.3 is 0 Å². The monoisotopic (exact) mass is 367 g/mol. The quantitative estimate of drug-likeness (QED) is 0.350. The Hall–Kier alpha value is -3.00. The van der Waals surface area contributed by atoms with E-state index >= 15 is 0 Å². The Bertz CT molecular complexity index is 1160. The summed E-state index contributed by atoms with van der Waals surface area (Å²) in [5.41, 5.74) is 10.00. The van der Waals surface area contributed by atoms with Crippen molar-refractivity contribution >= 4 is 28.2 Å². The molecule has 0 bridgehead atoms. The van der Waals surface area contributed by atoms with E-state index in [0.29, 0.717) is 0 Å². The molecule has 2 nitrogen and oxygen atoms in total. The van der Waals surface area contributed by atoms with Crippen molar-refractivity contribution in [1.82, 2.24) is 0 Å². The van der Waals surface area contributed by atoms with Crippen molar-refractivity contribution in [3.05, 3.63) is 88.5 Å². The number of aryl methyl sites for hydroxylation is 5. The second kappa shape index (κ2) is 6.56. The fourth-order valence-corrected chi connectivity index (χ4v) is 4.76. The molecule has 0 saturated carbocycles. The standard InChI is InChI=1S/C26H25NO/c1-17-15-18(2)25(19(3)16-17)27-23-13-6-4-9-20(23)10-8-12-22-21-11-5-7-14-24(21)28-26(22)27/h4-7,9,11,13-16H,8,10,12H2,1-3H3. The van der Waals surface area contributed by atoms with Crippen LogP contribution in [-0.4, -0.2) is 0 Å². The normalized spacial score (nSPS) is 13.8. The van der Waals surface area contributed by atoms with Gasteiger partial charge in [0.2, 0.25) is 5.88 Å². The predicted molar refractivity (Wildman–Crippen MR) is 117 cm³/mol. The molecule has 1 aliphatic rings. The predicted octanol–water partition coefficient (Wildman–Crippen LogP) is 7.32. The van der Waals surface area contributed by atoms with E-state index in [2.05, 4.69) is 86.3 Å². The van der Waals surface area contributed by atoms with Crippen LogP contribution in [0.2, 0.25) is 0 Å². The van der Waals surface area contributed by atoms with E-state index in [-0.39, 0.29) is 0 Å². The van der Waals surface area contributed by atoms with Crippen molar-refractivity contribution in [2.24, 2.45) is 0 Å². The third-order valence-electron chi connectivity index (χ3n) is 5.84. The third kappa shape index (κ3) is 2.63. The van der Waals surface area contributed by atoms with Gasteiger partial charge in [-0.1, -0.05) is 54.1 Å². The highest BCUT2D eigenvalue weighted by atomic mass is 16.4. The molecule has 5 rings (SSSR count). The average Bonchev–Trinajstić information content (AvgIpc) is 3.01. The summed E-state index contributed by atoms with van der Waals surface area (Å²) in [6.07, 6.45) is 3.24. The van der Waals surface area contributed by atoms with E-state index in [0.717, 1.165) is 30.7 Å². The van der Waals surface area contributed by atoms with E-state index in [9.17, 15) is 0 Å². The van der Waals surface area contributed by atoms with E-state index in [1.54, 1.807) is 0 Å². The summed E-state index contributed by atoms with van der Waals surface area (Å²) in [6, 6.07) is 21.7. The van der Waals surface area contributed by atoms with Crippen molar-refractivity contribution in [2.45, 2.75) is 40.0 Å². The molecule has 0 unspecified atom stereocenters. The molecule has 0 spiro atoms. The second-order valence-electron chi connectivity index (χ2n) is 7.95. The molecule has 0 N–H and O–H groups in total. The van der Waals surface area contributed by atoms with Crippen LogP contribution in [0.15, 0.2) is 65.1 Å². The average molecular weight is 367 g/mol. The molecule has 0 aliphatic carbocycles. The Morgan fingerprint density at radius 2 is 1.54 bits per heavy atom. The van der Waals surface area contributed by atoms with Gasteiger partial charge in [0.05, 0.1) is 11.4 Å². The van der Waals surface area contributed by atoms with Gasteiger partial charge in [-0.25, -0.2) is 0 Å². The van der Waals surface area contributed by atoms with Crippen molar-refractivity contribution in [3.63, 3.8) is 0 Å². The third-order valence-corrected chi connectivity index (χ3v) is 5.84. The van der Waals surface area contributed by atoms with Gasteiger partial charge in [0, 0.05) is 10.9 Å². The SMILES string of the molecule is Cc1cc(C)c(N2c3ccccc3CCCc3c2oc2ccccc32)c(C)c1. The van der Waals surface area contributed by atoms with E-state index in [1.807, 2.05) is 0 Å². The van der Waals surface area contributed by atoms with Crippen molar-refractivity contribution < 1.29 is 4.42 Å². The second-order valence-corrected chi connectivity index (χ2v) is 7.95. The van der Waals surface area contributed by atoms with Gasteiger partial charge in [-0.3, -0.25) is 4.90 Å².